The highest BCUT2D eigenvalue weighted by Gasteiger charge is 2.43. The highest BCUT2D eigenvalue weighted by Crippen LogP contribution is 2.44. The quantitative estimate of drug-likeness (QED) is 0.728. The van der Waals surface area contributed by atoms with Gasteiger partial charge >= 0.3 is 5.97 Å². The molecule has 0 aromatic rings. The van der Waals surface area contributed by atoms with E-state index in [4.69, 9.17) is 0 Å². The van der Waals surface area contributed by atoms with Crippen LogP contribution >= 0.6 is 0 Å². The van der Waals surface area contributed by atoms with Crippen molar-refractivity contribution in [1.82, 2.24) is 5.32 Å². The Kier molecular flexibility index (Phi) is 6.71. The van der Waals surface area contributed by atoms with E-state index in [0.717, 1.165) is 57.8 Å². The number of aliphatic carboxylic acids is 1. The molecule has 24 heavy (non-hydrogen) atoms. The Morgan fingerprint density at radius 2 is 1.96 bits per heavy atom. The van der Waals surface area contributed by atoms with Crippen LogP contribution in [0.3, 0.4) is 0 Å². The SMILES string of the molecule is CC#CCC(C)CC1(C(=O)N[C@@H]2CCC[C@H](C(=O)O)C2)CCCC1. The van der Waals surface area contributed by atoms with Crippen molar-refractivity contribution in [3.05, 3.63) is 0 Å². The summed E-state index contributed by atoms with van der Waals surface area (Å²) in [5.41, 5.74) is -0.259. The predicted molar refractivity (Wildman–Crippen MR) is 94.3 cm³/mol. The largest absolute Gasteiger partial charge is 0.481 e. The fraction of sp³-hybridized carbons (Fsp3) is 0.800. The summed E-state index contributed by atoms with van der Waals surface area (Å²) < 4.78 is 0. The topological polar surface area (TPSA) is 66.4 Å². The molecular formula is C20H31NO3. The molecule has 4 heteroatoms. The van der Waals surface area contributed by atoms with E-state index in [9.17, 15) is 14.7 Å². The Hall–Kier alpha value is -1.50. The molecule has 2 aliphatic rings. The predicted octanol–water partition coefficient (Wildman–Crippen LogP) is 3.75. The monoisotopic (exact) mass is 333 g/mol. The molecule has 0 bridgehead atoms. The maximum Gasteiger partial charge on any atom is 0.306 e. The number of carboxylic acids is 1. The molecule has 134 valence electrons. The summed E-state index contributed by atoms with van der Waals surface area (Å²) in [6.45, 7) is 4.03. The molecule has 0 aromatic heterocycles. The number of hydrogen-bond acceptors (Lipinski definition) is 2. The average molecular weight is 333 g/mol. The van der Waals surface area contributed by atoms with E-state index in [1.807, 2.05) is 6.92 Å². The Balaban J connectivity index is 1.98. The van der Waals surface area contributed by atoms with Gasteiger partial charge in [0.1, 0.15) is 0 Å². The number of carbonyl (C=O) groups excluding carboxylic acids is 1. The first-order valence-corrected chi connectivity index (χ1v) is 9.40. The van der Waals surface area contributed by atoms with Crippen molar-refractivity contribution in [1.29, 1.82) is 0 Å². The molecular weight excluding hydrogens is 302 g/mol. The van der Waals surface area contributed by atoms with Crippen LogP contribution < -0.4 is 5.32 Å². The van der Waals surface area contributed by atoms with Gasteiger partial charge in [0.25, 0.3) is 0 Å². The van der Waals surface area contributed by atoms with Gasteiger partial charge in [-0.25, -0.2) is 0 Å². The van der Waals surface area contributed by atoms with Crippen molar-refractivity contribution in [3.8, 4) is 11.8 Å². The Bertz CT molecular complexity index is 511. The lowest BCUT2D eigenvalue weighted by Gasteiger charge is -2.34. The molecule has 0 heterocycles. The van der Waals surface area contributed by atoms with Crippen LogP contribution in [0, 0.1) is 29.1 Å². The highest BCUT2D eigenvalue weighted by molar-refractivity contribution is 5.83. The van der Waals surface area contributed by atoms with Gasteiger partial charge in [0.05, 0.1) is 5.92 Å². The summed E-state index contributed by atoms with van der Waals surface area (Å²) >= 11 is 0. The average Bonchev–Trinajstić information content (AvgIpc) is 3.03. The van der Waals surface area contributed by atoms with Gasteiger partial charge in [-0.05, 0) is 51.4 Å². The first kappa shape index (κ1) is 18.8. The molecule has 0 saturated heterocycles. The van der Waals surface area contributed by atoms with Crippen LogP contribution in [-0.4, -0.2) is 23.0 Å². The summed E-state index contributed by atoms with van der Waals surface area (Å²) in [5.74, 6) is 5.62. The molecule has 4 nitrogen and oxygen atoms in total. The normalized spacial score (nSPS) is 26.9. The third-order valence-corrected chi connectivity index (χ3v) is 5.77. The van der Waals surface area contributed by atoms with Gasteiger partial charge in [0.15, 0.2) is 0 Å². The standard InChI is InChI=1S/C20H31NO3/c1-3-4-8-15(2)14-20(11-5-6-12-20)19(24)21-17-10-7-9-16(13-17)18(22)23/h15-17H,5-14H2,1-2H3,(H,21,24)(H,22,23)/t15?,16-,17+/m0/s1. The van der Waals surface area contributed by atoms with Crippen LogP contribution in [-0.2, 0) is 9.59 Å². The number of amides is 1. The van der Waals surface area contributed by atoms with Gasteiger partial charge in [-0.2, -0.15) is 0 Å². The Labute approximate surface area is 145 Å². The van der Waals surface area contributed by atoms with E-state index >= 15 is 0 Å². The first-order chi connectivity index (χ1) is 11.5. The lowest BCUT2D eigenvalue weighted by molar-refractivity contribution is -0.144. The van der Waals surface area contributed by atoms with Crippen molar-refractivity contribution < 1.29 is 14.7 Å². The molecule has 3 atom stereocenters. The van der Waals surface area contributed by atoms with Crippen LogP contribution in [0.4, 0.5) is 0 Å². The molecule has 0 aliphatic heterocycles. The zero-order valence-corrected chi connectivity index (χ0v) is 15.1. The minimum absolute atomic E-state index is 0.0237. The summed E-state index contributed by atoms with van der Waals surface area (Å²) in [5, 5.41) is 12.4. The third kappa shape index (κ3) is 4.75. The molecule has 2 aliphatic carbocycles. The molecule has 2 rings (SSSR count). The first-order valence-electron chi connectivity index (χ1n) is 9.40. The van der Waals surface area contributed by atoms with Gasteiger partial charge in [-0.3, -0.25) is 9.59 Å². The minimum Gasteiger partial charge on any atom is -0.481 e. The van der Waals surface area contributed by atoms with Gasteiger partial charge in [0, 0.05) is 17.9 Å². The molecule has 0 spiro atoms. The fourth-order valence-corrected chi connectivity index (χ4v) is 4.47. The zero-order chi connectivity index (χ0) is 17.6. The van der Waals surface area contributed by atoms with Gasteiger partial charge in [-0.15, -0.1) is 11.8 Å². The van der Waals surface area contributed by atoms with E-state index in [1.54, 1.807) is 0 Å². The molecule has 0 aromatic carbocycles. The van der Waals surface area contributed by atoms with Gasteiger partial charge in [0.2, 0.25) is 5.91 Å². The second-order valence-corrected chi connectivity index (χ2v) is 7.80. The smallest absolute Gasteiger partial charge is 0.306 e. The molecule has 1 amide bonds. The summed E-state index contributed by atoms with van der Waals surface area (Å²) in [6.07, 6.45) is 8.98. The van der Waals surface area contributed by atoms with Gasteiger partial charge < -0.3 is 10.4 Å². The number of hydrogen-bond donors (Lipinski definition) is 2. The zero-order valence-electron chi connectivity index (χ0n) is 15.1. The lowest BCUT2D eigenvalue weighted by Crippen LogP contribution is -2.47. The van der Waals surface area contributed by atoms with Crippen LogP contribution in [0.25, 0.3) is 0 Å². The van der Waals surface area contributed by atoms with E-state index in [1.165, 1.54) is 0 Å². The third-order valence-electron chi connectivity index (χ3n) is 5.77. The number of carbonyl (C=O) groups is 2. The summed E-state index contributed by atoms with van der Waals surface area (Å²) in [6, 6.07) is 0.0237. The van der Waals surface area contributed by atoms with Crippen LogP contribution in [0.15, 0.2) is 0 Å². The minimum atomic E-state index is -0.726. The molecule has 2 fully saturated rings. The van der Waals surface area contributed by atoms with Crippen molar-refractivity contribution in [2.24, 2.45) is 17.3 Å². The maximum atomic E-state index is 13.0. The lowest BCUT2D eigenvalue weighted by atomic mass is 9.76. The number of carboxylic acid groups (broad SMARTS) is 1. The van der Waals surface area contributed by atoms with Crippen molar-refractivity contribution in [3.63, 3.8) is 0 Å². The van der Waals surface area contributed by atoms with Crippen molar-refractivity contribution >= 4 is 11.9 Å². The van der Waals surface area contributed by atoms with E-state index in [-0.39, 0.29) is 23.3 Å². The van der Waals surface area contributed by atoms with E-state index in [2.05, 4.69) is 24.1 Å². The molecule has 2 N–H and O–H groups in total. The van der Waals surface area contributed by atoms with Crippen molar-refractivity contribution in [2.45, 2.75) is 84.1 Å². The molecule has 1 unspecified atom stereocenters. The maximum absolute atomic E-state index is 13.0. The second-order valence-electron chi connectivity index (χ2n) is 7.80. The van der Waals surface area contributed by atoms with Crippen LogP contribution in [0.2, 0.25) is 0 Å². The Morgan fingerprint density at radius 1 is 1.25 bits per heavy atom. The van der Waals surface area contributed by atoms with Gasteiger partial charge in [-0.1, -0.05) is 26.2 Å². The molecule has 2 saturated carbocycles. The van der Waals surface area contributed by atoms with E-state index in [0.29, 0.717) is 12.3 Å². The number of nitrogens with one attached hydrogen (secondary N) is 1. The van der Waals surface area contributed by atoms with Crippen LogP contribution in [0.1, 0.15) is 78.1 Å². The fourth-order valence-electron chi connectivity index (χ4n) is 4.47. The summed E-state index contributed by atoms with van der Waals surface area (Å²) in [7, 11) is 0. The summed E-state index contributed by atoms with van der Waals surface area (Å²) in [4.78, 5) is 24.3. The van der Waals surface area contributed by atoms with E-state index < -0.39 is 5.97 Å². The van der Waals surface area contributed by atoms with Crippen LogP contribution in [0.5, 0.6) is 0 Å². The Morgan fingerprint density at radius 3 is 2.58 bits per heavy atom. The molecule has 0 radical (unpaired) electrons. The second kappa shape index (κ2) is 8.55. The van der Waals surface area contributed by atoms with Crippen molar-refractivity contribution in [2.75, 3.05) is 0 Å². The highest BCUT2D eigenvalue weighted by atomic mass is 16.4. The number of rotatable bonds is 6.